The first-order valence-corrected chi connectivity index (χ1v) is 9.94. The van der Waals surface area contributed by atoms with Gasteiger partial charge in [-0.15, -0.1) is 0 Å². The van der Waals surface area contributed by atoms with Crippen LogP contribution >= 0.6 is 0 Å². The van der Waals surface area contributed by atoms with Gasteiger partial charge in [-0.2, -0.15) is 9.97 Å². The largest absolute Gasteiger partial charge is 0.465 e. The number of carboxylic acid groups (broad SMARTS) is 1. The second kappa shape index (κ2) is 8.54. The fourth-order valence-electron chi connectivity index (χ4n) is 3.40. The van der Waals surface area contributed by atoms with Crippen LogP contribution in [-0.2, 0) is 13.1 Å². The number of aryl methyl sites for hydroxylation is 1. The summed E-state index contributed by atoms with van der Waals surface area (Å²) in [6.45, 7) is 1.54. The lowest BCUT2D eigenvalue weighted by Gasteiger charge is -2.19. The SMILES string of the molecule is CN(C)c1nc(N)c2ncn(CCCCN(Cc3ccc4c(c3)OCO4)C(=O)O)c2n1. The van der Waals surface area contributed by atoms with E-state index < -0.39 is 6.09 Å². The Labute approximate surface area is 179 Å². The molecule has 0 spiro atoms. The van der Waals surface area contributed by atoms with Gasteiger partial charge in [-0.05, 0) is 30.5 Å². The average Bonchev–Trinajstić information content (AvgIpc) is 3.36. The molecule has 11 heteroatoms. The summed E-state index contributed by atoms with van der Waals surface area (Å²) in [7, 11) is 3.70. The summed E-state index contributed by atoms with van der Waals surface area (Å²) in [5, 5.41) is 9.58. The van der Waals surface area contributed by atoms with Gasteiger partial charge in [-0.1, -0.05) is 6.07 Å². The first-order chi connectivity index (χ1) is 14.9. The highest BCUT2D eigenvalue weighted by atomic mass is 16.7. The van der Waals surface area contributed by atoms with E-state index >= 15 is 0 Å². The molecule has 0 saturated carbocycles. The number of nitrogens with zero attached hydrogens (tertiary/aromatic N) is 6. The van der Waals surface area contributed by atoms with Crippen molar-refractivity contribution in [2.75, 3.05) is 38.1 Å². The Morgan fingerprint density at radius 1 is 1.23 bits per heavy atom. The lowest BCUT2D eigenvalue weighted by Crippen LogP contribution is -2.30. The van der Waals surface area contributed by atoms with Gasteiger partial charge < -0.3 is 34.7 Å². The molecule has 3 heterocycles. The van der Waals surface area contributed by atoms with Crippen LogP contribution in [0.4, 0.5) is 16.6 Å². The molecular weight excluding hydrogens is 402 g/mol. The second-order valence-electron chi connectivity index (χ2n) is 7.51. The van der Waals surface area contributed by atoms with E-state index in [1.807, 2.05) is 30.8 Å². The molecule has 0 radical (unpaired) electrons. The van der Waals surface area contributed by atoms with E-state index in [0.717, 1.165) is 12.0 Å². The van der Waals surface area contributed by atoms with Gasteiger partial charge >= 0.3 is 6.09 Å². The van der Waals surface area contributed by atoms with Crippen LogP contribution in [0.3, 0.4) is 0 Å². The molecule has 0 fully saturated rings. The number of fused-ring (bicyclic) bond motifs is 2. The summed E-state index contributed by atoms with van der Waals surface area (Å²) < 4.78 is 12.6. The number of nitrogen functional groups attached to an aromatic ring is 1. The van der Waals surface area contributed by atoms with Crippen LogP contribution in [0.2, 0.25) is 0 Å². The van der Waals surface area contributed by atoms with Crippen molar-refractivity contribution in [3.8, 4) is 11.5 Å². The zero-order valence-corrected chi connectivity index (χ0v) is 17.5. The van der Waals surface area contributed by atoms with E-state index in [-0.39, 0.29) is 13.3 Å². The Morgan fingerprint density at radius 3 is 2.81 bits per heavy atom. The molecule has 1 amide bonds. The number of amides is 1. The van der Waals surface area contributed by atoms with E-state index in [2.05, 4.69) is 15.0 Å². The minimum absolute atomic E-state index is 0.191. The number of anilines is 2. The normalized spacial score (nSPS) is 12.3. The van der Waals surface area contributed by atoms with E-state index in [9.17, 15) is 9.90 Å². The molecule has 0 atom stereocenters. The van der Waals surface area contributed by atoms with Crippen molar-refractivity contribution in [3.63, 3.8) is 0 Å². The van der Waals surface area contributed by atoms with E-state index in [0.29, 0.717) is 53.9 Å². The molecule has 11 nitrogen and oxygen atoms in total. The standard InChI is InChI=1S/C20H25N7O4/c1-25(2)19-23-17(21)16-18(24-19)27(11-22-16)8-4-3-7-26(20(28)29)10-13-5-6-14-15(9-13)31-12-30-14/h5-6,9,11H,3-4,7-8,10,12H2,1-2H3,(H,28,29)(H2,21,23,24). The van der Waals surface area contributed by atoms with Gasteiger partial charge in [-0.25, -0.2) is 9.78 Å². The van der Waals surface area contributed by atoms with Crippen molar-refractivity contribution in [3.05, 3.63) is 30.1 Å². The molecule has 0 saturated heterocycles. The first kappa shape index (κ1) is 20.5. The van der Waals surface area contributed by atoms with Crippen LogP contribution in [0.15, 0.2) is 24.5 Å². The Morgan fingerprint density at radius 2 is 2.03 bits per heavy atom. The van der Waals surface area contributed by atoms with Gasteiger partial charge in [0.25, 0.3) is 0 Å². The maximum atomic E-state index is 11.7. The number of ether oxygens (including phenoxy) is 2. The van der Waals surface area contributed by atoms with Gasteiger partial charge in [0.2, 0.25) is 12.7 Å². The highest BCUT2D eigenvalue weighted by Gasteiger charge is 2.17. The number of unbranched alkanes of at least 4 members (excludes halogenated alkanes) is 1. The van der Waals surface area contributed by atoms with Crippen molar-refractivity contribution in [2.24, 2.45) is 0 Å². The van der Waals surface area contributed by atoms with Crippen LogP contribution < -0.4 is 20.1 Å². The maximum Gasteiger partial charge on any atom is 0.407 e. The quantitative estimate of drug-likeness (QED) is 0.519. The third-order valence-electron chi connectivity index (χ3n) is 5.04. The molecule has 4 rings (SSSR count). The predicted molar refractivity (Wildman–Crippen MR) is 114 cm³/mol. The number of imidazole rings is 1. The van der Waals surface area contributed by atoms with E-state index in [1.165, 1.54) is 4.90 Å². The number of hydrogen-bond donors (Lipinski definition) is 2. The monoisotopic (exact) mass is 427 g/mol. The molecule has 0 unspecified atom stereocenters. The number of carbonyl (C=O) groups is 1. The summed E-state index contributed by atoms with van der Waals surface area (Å²) in [6.07, 6.45) is 2.19. The summed E-state index contributed by atoms with van der Waals surface area (Å²) >= 11 is 0. The number of rotatable bonds is 8. The van der Waals surface area contributed by atoms with Crippen LogP contribution in [0.1, 0.15) is 18.4 Å². The molecule has 0 aliphatic carbocycles. The highest BCUT2D eigenvalue weighted by molar-refractivity contribution is 5.82. The molecule has 1 aliphatic heterocycles. The Kier molecular flexibility index (Phi) is 5.65. The Balaban J connectivity index is 1.36. The third kappa shape index (κ3) is 4.39. The molecule has 1 aliphatic rings. The van der Waals surface area contributed by atoms with Crippen molar-refractivity contribution in [2.45, 2.75) is 25.9 Å². The van der Waals surface area contributed by atoms with Crippen molar-refractivity contribution in [1.82, 2.24) is 24.4 Å². The van der Waals surface area contributed by atoms with Gasteiger partial charge in [-0.3, -0.25) is 0 Å². The minimum atomic E-state index is -0.957. The predicted octanol–water partition coefficient (Wildman–Crippen LogP) is 2.16. The number of aromatic nitrogens is 4. The average molecular weight is 427 g/mol. The molecule has 3 N–H and O–H groups in total. The molecule has 1 aromatic carbocycles. The summed E-state index contributed by atoms with van der Waals surface area (Å²) in [4.78, 5) is 28.0. The maximum absolute atomic E-state index is 11.7. The Hall–Kier alpha value is -3.76. The molecule has 31 heavy (non-hydrogen) atoms. The lowest BCUT2D eigenvalue weighted by molar-refractivity contribution is 0.141. The fourth-order valence-corrected chi connectivity index (χ4v) is 3.40. The molecule has 3 aromatic rings. The molecule has 2 aromatic heterocycles. The molecule has 0 bridgehead atoms. The van der Waals surface area contributed by atoms with Gasteiger partial charge in [0.1, 0.15) is 5.52 Å². The number of benzene rings is 1. The number of nitrogens with two attached hydrogens (primary N) is 1. The zero-order valence-electron chi connectivity index (χ0n) is 17.5. The van der Waals surface area contributed by atoms with E-state index in [4.69, 9.17) is 15.2 Å². The zero-order chi connectivity index (χ0) is 22.0. The fraction of sp³-hybridized carbons (Fsp3) is 0.400. The summed E-state index contributed by atoms with van der Waals surface area (Å²) in [6, 6.07) is 5.48. The van der Waals surface area contributed by atoms with Crippen LogP contribution in [0.25, 0.3) is 11.2 Å². The third-order valence-corrected chi connectivity index (χ3v) is 5.04. The summed E-state index contributed by atoms with van der Waals surface area (Å²) in [5.41, 5.74) is 8.10. The van der Waals surface area contributed by atoms with Gasteiger partial charge in [0.15, 0.2) is 23.0 Å². The summed E-state index contributed by atoms with van der Waals surface area (Å²) in [5.74, 6) is 2.19. The van der Waals surface area contributed by atoms with Crippen LogP contribution in [0, 0.1) is 0 Å². The van der Waals surface area contributed by atoms with Crippen LogP contribution in [-0.4, -0.2) is 63.1 Å². The lowest BCUT2D eigenvalue weighted by atomic mass is 10.2. The number of hydrogen-bond acceptors (Lipinski definition) is 8. The highest BCUT2D eigenvalue weighted by Crippen LogP contribution is 2.32. The van der Waals surface area contributed by atoms with Gasteiger partial charge in [0.05, 0.1) is 6.33 Å². The minimum Gasteiger partial charge on any atom is -0.465 e. The van der Waals surface area contributed by atoms with Crippen molar-refractivity contribution in [1.29, 1.82) is 0 Å². The van der Waals surface area contributed by atoms with Gasteiger partial charge in [0, 0.05) is 33.7 Å². The molecule has 164 valence electrons. The van der Waals surface area contributed by atoms with Crippen molar-refractivity contribution >= 4 is 29.0 Å². The molecular formula is C20H25N7O4. The topological polar surface area (TPSA) is 132 Å². The van der Waals surface area contributed by atoms with Crippen LogP contribution in [0.5, 0.6) is 11.5 Å². The smallest absolute Gasteiger partial charge is 0.407 e. The van der Waals surface area contributed by atoms with Crippen molar-refractivity contribution < 1.29 is 19.4 Å². The Bertz CT molecular complexity index is 1100. The first-order valence-electron chi connectivity index (χ1n) is 9.94. The second-order valence-corrected chi connectivity index (χ2v) is 7.51. The van der Waals surface area contributed by atoms with E-state index in [1.54, 1.807) is 17.3 Å².